The zero-order valence-corrected chi connectivity index (χ0v) is 12.4. The fraction of sp³-hybridized carbons (Fsp3) is 0.0476. The Morgan fingerprint density at radius 3 is 1.91 bits per heavy atom. The lowest BCUT2D eigenvalue weighted by atomic mass is 9.92. The van der Waals surface area contributed by atoms with E-state index in [2.05, 4.69) is 66.7 Å². The Hall–Kier alpha value is -2.80. The maximum atomic E-state index is 5.40. The van der Waals surface area contributed by atoms with Crippen molar-refractivity contribution in [3.8, 4) is 16.9 Å². The predicted octanol–water partition coefficient (Wildman–Crippen LogP) is 5.67. The lowest BCUT2D eigenvalue weighted by molar-refractivity contribution is 0.415. The first-order valence-corrected chi connectivity index (χ1v) is 7.42. The van der Waals surface area contributed by atoms with E-state index in [-0.39, 0.29) is 0 Å². The molecule has 0 spiro atoms. The van der Waals surface area contributed by atoms with Crippen molar-refractivity contribution < 1.29 is 4.74 Å². The summed E-state index contributed by atoms with van der Waals surface area (Å²) in [5.74, 6) is 0.884. The van der Waals surface area contributed by atoms with E-state index in [1.165, 1.54) is 32.7 Å². The highest BCUT2D eigenvalue weighted by Crippen LogP contribution is 2.37. The minimum atomic E-state index is 0.884. The molecule has 4 aromatic carbocycles. The molecule has 4 rings (SSSR count). The summed E-state index contributed by atoms with van der Waals surface area (Å²) in [6.45, 7) is 0. The third-order valence-electron chi connectivity index (χ3n) is 4.13. The zero-order chi connectivity index (χ0) is 14.9. The largest absolute Gasteiger partial charge is 0.497 e. The molecule has 22 heavy (non-hydrogen) atoms. The van der Waals surface area contributed by atoms with E-state index in [0.717, 1.165) is 5.75 Å². The van der Waals surface area contributed by atoms with Crippen LogP contribution in [0.4, 0.5) is 0 Å². The van der Waals surface area contributed by atoms with E-state index in [1.54, 1.807) is 7.11 Å². The van der Waals surface area contributed by atoms with E-state index in [1.807, 2.05) is 12.1 Å². The molecule has 0 atom stereocenters. The summed E-state index contributed by atoms with van der Waals surface area (Å²) in [7, 11) is 1.71. The summed E-state index contributed by atoms with van der Waals surface area (Å²) in [5, 5.41) is 5.07. The second-order valence-corrected chi connectivity index (χ2v) is 5.43. The van der Waals surface area contributed by atoms with Crippen molar-refractivity contribution in [2.75, 3.05) is 7.11 Å². The Bertz CT molecular complexity index is 916. The Balaban J connectivity index is 2.16. The molecule has 0 radical (unpaired) electrons. The van der Waals surface area contributed by atoms with Crippen molar-refractivity contribution >= 4 is 21.5 Å². The number of ether oxygens (including phenoxy) is 1. The van der Waals surface area contributed by atoms with Gasteiger partial charge in [0.05, 0.1) is 7.11 Å². The first kappa shape index (κ1) is 12.9. The van der Waals surface area contributed by atoms with E-state index in [4.69, 9.17) is 4.74 Å². The monoisotopic (exact) mass is 284 g/mol. The van der Waals surface area contributed by atoms with Crippen LogP contribution < -0.4 is 4.74 Å². The van der Waals surface area contributed by atoms with Crippen LogP contribution in [0.5, 0.6) is 5.75 Å². The van der Waals surface area contributed by atoms with Crippen molar-refractivity contribution in [1.29, 1.82) is 0 Å². The van der Waals surface area contributed by atoms with Gasteiger partial charge in [-0.1, -0.05) is 60.7 Å². The Labute approximate surface area is 129 Å². The molecular formula is C21H16O. The lowest BCUT2D eigenvalue weighted by Crippen LogP contribution is -1.87. The van der Waals surface area contributed by atoms with Gasteiger partial charge in [-0.25, -0.2) is 0 Å². The molecule has 0 fully saturated rings. The van der Waals surface area contributed by atoms with Gasteiger partial charge >= 0.3 is 0 Å². The third-order valence-corrected chi connectivity index (χ3v) is 4.13. The van der Waals surface area contributed by atoms with Crippen LogP contribution >= 0.6 is 0 Å². The van der Waals surface area contributed by atoms with Gasteiger partial charge < -0.3 is 4.74 Å². The molecule has 0 amide bonds. The zero-order valence-electron chi connectivity index (χ0n) is 12.4. The van der Waals surface area contributed by atoms with Gasteiger partial charge in [0.1, 0.15) is 5.75 Å². The van der Waals surface area contributed by atoms with Crippen molar-refractivity contribution in [3.63, 3.8) is 0 Å². The summed E-state index contributed by atoms with van der Waals surface area (Å²) in [6.07, 6.45) is 0. The number of benzene rings is 4. The molecule has 4 aromatic rings. The van der Waals surface area contributed by atoms with E-state index < -0.39 is 0 Å². The highest BCUT2D eigenvalue weighted by Gasteiger charge is 2.10. The smallest absolute Gasteiger partial charge is 0.119 e. The van der Waals surface area contributed by atoms with E-state index >= 15 is 0 Å². The van der Waals surface area contributed by atoms with Gasteiger partial charge in [0.25, 0.3) is 0 Å². The molecule has 0 N–H and O–H groups in total. The van der Waals surface area contributed by atoms with Crippen LogP contribution in [-0.2, 0) is 0 Å². The molecule has 0 heterocycles. The van der Waals surface area contributed by atoms with Crippen LogP contribution in [0.3, 0.4) is 0 Å². The maximum Gasteiger partial charge on any atom is 0.119 e. The quantitative estimate of drug-likeness (QED) is 0.431. The molecular weight excluding hydrogens is 268 g/mol. The molecule has 0 saturated heterocycles. The highest BCUT2D eigenvalue weighted by atomic mass is 16.5. The molecule has 0 saturated carbocycles. The van der Waals surface area contributed by atoms with Gasteiger partial charge in [0, 0.05) is 0 Å². The standard InChI is InChI=1S/C21H16O/c1-22-18-10-6-9-17(14-18)21-19-11-4-2-7-15(19)13-16-8-3-5-12-20(16)21/h2-14H,1H3. The summed E-state index contributed by atoms with van der Waals surface area (Å²) >= 11 is 0. The number of hydrogen-bond acceptors (Lipinski definition) is 1. The highest BCUT2D eigenvalue weighted by molar-refractivity contribution is 6.12. The van der Waals surface area contributed by atoms with Gasteiger partial charge in [-0.05, 0) is 50.9 Å². The van der Waals surface area contributed by atoms with Gasteiger partial charge in [-0.3, -0.25) is 0 Å². The van der Waals surface area contributed by atoms with Crippen LogP contribution in [-0.4, -0.2) is 7.11 Å². The van der Waals surface area contributed by atoms with Gasteiger partial charge in [0.15, 0.2) is 0 Å². The third kappa shape index (κ3) is 2.03. The fourth-order valence-corrected chi connectivity index (χ4v) is 3.10. The van der Waals surface area contributed by atoms with Crippen molar-refractivity contribution in [3.05, 3.63) is 78.9 Å². The summed E-state index contributed by atoms with van der Waals surface area (Å²) in [4.78, 5) is 0. The summed E-state index contributed by atoms with van der Waals surface area (Å²) in [6, 6.07) is 27.6. The Morgan fingerprint density at radius 2 is 1.27 bits per heavy atom. The molecule has 0 bridgehead atoms. The normalized spacial score (nSPS) is 11.0. The predicted molar refractivity (Wildman–Crippen MR) is 93.4 cm³/mol. The minimum absolute atomic E-state index is 0.884. The second-order valence-electron chi connectivity index (χ2n) is 5.43. The number of rotatable bonds is 2. The molecule has 106 valence electrons. The van der Waals surface area contributed by atoms with E-state index in [9.17, 15) is 0 Å². The number of methoxy groups -OCH3 is 1. The minimum Gasteiger partial charge on any atom is -0.497 e. The Morgan fingerprint density at radius 1 is 0.636 bits per heavy atom. The topological polar surface area (TPSA) is 9.23 Å². The SMILES string of the molecule is COc1cccc(-c2c3ccccc3cc3ccccc23)c1. The van der Waals surface area contributed by atoms with E-state index in [0.29, 0.717) is 0 Å². The van der Waals surface area contributed by atoms with Gasteiger partial charge in [-0.15, -0.1) is 0 Å². The van der Waals surface area contributed by atoms with Crippen molar-refractivity contribution in [2.24, 2.45) is 0 Å². The molecule has 1 heteroatoms. The molecule has 0 aliphatic carbocycles. The molecule has 0 aromatic heterocycles. The van der Waals surface area contributed by atoms with Crippen LogP contribution in [0.1, 0.15) is 0 Å². The molecule has 0 unspecified atom stereocenters. The average molecular weight is 284 g/mol. The first-order chi connectivity index (χ1) is 10.9. The average Bonchev–Trinajstić information content (AvgIpc) is 2.59. The number of fused-ring (bicyclic) bond motifs is 2. The summed E-state index contributed by atoms with van der Waals surface area (Å²) < 4.78 is 5.40. The lowest BCUT2D eigenvalue weighted by Gasteiger charge is -2.12. The number of hydrogen-bond donors (Lipinski definition) is 0. The second kappa shape index (κ2) is 5.19. The van der Waals surface area contributed by atoms with Crippen molar-refractivity contribution in [1.82, 2.24) is 0 Å². The molecule has 0 aliphatic rings. The summed E-state index contributed by atoms with van der Waals surface area (Å²) in [5.41, 5.74) is 2.46. The molecule has 1 nitrogen and oxygen atoms in total. The van der Waals surface area contributed by atoms with Gasteiger partial charge in [-0.2, -0.15) is 0 Å². The van der Waals surface area contributed by atoms with Crippen molar-refractivity contribution in [2.45, 2.75) is 0 Å². The Kier molecular flexibility index (Phi) is 3.05. The van der Waals surface area contributed by atoms with Gasteiger partial charge in [0.2, 0.25) is 0 Å². The first-order valence-electron chi connectivity index (χ1n) is 7.42. The maximum absolute atomic E-state index is 5.40. The molecule has 0 aliphatic heterocycles. The van der Waals surface area contributed by atoms with Crippen LogP contribution in [0.25, 0.3) is 32.7 Å². The fourth-order valence-electron chi connectivity index (χ4n) is 3.10. The van der Waals surface area contributed by atoms with Crippen LogP contribution in [0.2, 0.25) is 0 Å². The van der Waals surface area contributed by atoms with Crippen LogP contribution in [0, 0.1) is 0 Å². The van der Waals surface area contributed by atoms with Crippen LogP contribution in [0.15, 0.2) is 78.9 Å².